The smallest absolute Gasteiger partial charge is 0.362 e. The first kappa shape index (κ1) is 56.1. The van der Waals surface area contributed by atoms with Gasteiger partial charge in [0, 0.05) is 19.3 Å². The number of ether oxygens (including phenoxy) is 3. The van der Waals surface area contributed by atoms with Gasteiger partial charge in [0.05, 0.1) is 34.4 Å². The lowest BCUT2D eigenvalue weighted by atomic mass is 10.0. The van der Waals surface area contributed by atoms with Crippen molar-refractivity contribution in [1.29, 1.82) is 0 Å². The molecule has 8 nitrogen and oxygen atoms in total. The Labute approximate surface area is 359 Å². The molecule has 8 heteroatoms. The summed E-state index contributed by atoms with van der Waals surface area (Å²) in [5.74, 6) is -1.46. The molecule has 58 heavy (non-hydrogen) atoms. The van der Waals surface area contributed by atoms with Gasteiger partial charge in [0.25, 0.3) is 0 Å². The largest absolute Gasteiger partial charge is 0.477 e. The molecule has 0 rings (SSSR count). The highest BCUT2D eigenvalue weighted by Crippen LogP contribution is 2.16. The van der Waals surface area contributed by atoms with Gasteiger partial charge in [-0.3, -0.25) is 9.59 Å². The van der Waals surface area contributed by atoms with Crippen LogP contribution in [0.3, 0.4) is 0 Å². The second kappa shape index (κ2) is 41.8. The van der Waals surface area contributed by atoms with Crippen LogP contribution in [0.4, 0.5) is 0 Å². The molecule has 0 aromatic rings. The number of likely N-dealkylation sites (N-methyl/N-ethyl adjacent to an activating group) is 1. The van der Waals surface area contributed by atoms with Crippen LogP contribution in [0.25, 0.3) is 0 Å². The number of rotatable bonds is 45. The zero-order valence-corrected chi connectivity index (χ0v) is 39.0. The third-order valence-corrected chi connectivity index (χ3v) is 11.4. The quantitative estimate of drug-likeness (QED) is 0.0283. The molecule has 0 aliphatic heterocycles. The molecule has 0 heterocycles. The van der Waals surface area contributed by atoms with Crippen molar-refractivity contribution in [2.45, 2.75) is 251 Å². The second-order valence-electron chi connectivity index (χ2n) is 18.1. The van der Waals surface area contributed by atoms with Crippen molar-refractivity contribution in [3.8, 4) is 0 Å². The third kappa shape index (κ3) is 39.5. The molecule has 0 amide bonds. The number of aliphatic carboxylic acids is 1. The third-order valence-electron chi connectivity index (χ3n) is 11.4. The summed E-state index contributed by atoms with van der Waals surface area (Å²) in [5.41, 5.74) is 0. The molecule has 0 spiro atoms. The highest BCUT2D eigenvalue weighted by atomic mass is 16.6. The Morgan fingerprint density at radius 1 is 0.500 bits per heavy atom. The van der Waals surface area contributed by atoms with Gasteiger partial charge >= 0.3 is 17.9 Å². The summed E-state index contributed by atoms with van der Waals surface area (Å²) in [4.78, 5) is 37.1. The Balaban J connectivity index is 4.25. The fraction of sp³-hybridized carbons (Fsp3) is 0.900. The molecule has 0 aromatic heterocycles. The number of hydrogen-bond donors (Lipinski definition) is 1. The number of unbranched alkanes of at least 4 members (excludes halogenated alkanes) is 29. The van der Waals surface area contributed by atoms with Crippen LogP contribution in [0, 0.1) is 0 Å². The molecule has 0 aliphatic rings. The highest BCUT2D eigenvalue weighted by molar-refractivity contribution is 5.72. The number of quaternary nitrogens is 1. The first-order valence-electron chi connectivity index (χ1n) is 24.7. The van der Waals surface area contributed by atoms with E-state index in [0.717, 1.165) is 51.4 Å². The van der Waals surface area contributed by atoms with Crippen molar-refractivity contribution in [3.05, 3.63) is 12.2 Å². The summed E-state index contributed by atoms with van der Waals surface area (Å²) >= 11 is 0. The molecular weight excluding hydrogens is 727 g/mol. The summed E-state index contributed by atoms with van der Waals surface area (Å²) in [7, 11) is 5.54. The minimum absolute atomic E-state index is 0.0478. The Bertz CT molecular complexity index is 962. The van der Waals surface area contributed by atoms with Gasteiger partial charge in [0.15, 0.2) is 12.1 Å². The van der Waals surface area contributed by atoms with Crippen molar-refractivity contribution in [2.75, 3.05) is 41.0 Å². The van der Waals surface area contributed by atoms with Gasteiger partial charge in [-0.1, -0.05) is 193 Å². The number of carbonyl (C=O) groups excluding carboxylic acids is 2. The van der Waals surface area contributed by atoms with Gasteiger partial charge in [0.2, 0.25) is 0 Å². The molecule has 0 aromatic carbocycles. The number of carboxylic acid groups (broad SMARTS) is 1. The zero-order valence-electron chi connectivity index (χ0n) is 39.0. The molecule has 342 valence electrons. The number of esters is 2. The average molecular weight is 823 g/mol. The summed E-state index contributed by atoms with van der Waals surface area (Å²) < 4.78 is 17.3. The van der Waals surface area contributed by atoms with Gasteiger partial charge in [-0.05, 0) is 38.5 Å². The molecular formula is C50H96NO7+. The molecule has 0 saturated carbocycles. The maximum absolute atomic E-state index is 12.8. The predicted molar refractivity (Wildman–Crippen MR) is 243 cm³/mol. The van der Waals surface area contributed by atoms with E-state index in [9.17, 15) is 19.5 Å². The monoisotopic (exact) mass is 823 g/mol. The van der Waals surface area contributed by atoms with Crippen molar-refractivity contribution in [3.63, 3.8) is 0 Å². The van der Waals surface area contributed by atoms with E-state index in [1.807, 2.05) is 21.1 Å². The molecule has 0 bridgehead atoms. The lowest BCUT2D eigenvalue weighted by Crippen LogP contribution is -2.50. The van der Waals surface area contributed by atoms with E-state index in [1.165, 1.54) is 154 Å². The van der Waals surface area contributed by atoms with E-state index in [4.69, 9.17) is 14.2 Å². The van der Waals surface area contributed by atoms with Crippen LogP contribution in [0.1, 0.15) is 239 Å². The molecule has 0 aliphatic carbocycles. The summed E-state index contributed by atoms with van der Waals surface area (Å²) in [6, 6.07) is -0.612. The Hall–Kier alpha value is -1.93. The van der Waals surface area contributed by atoms with E-state index in [1.54, 1.807) is 0 Å². The average Bonchev–Trinajstić information content (AvgIpc) is 3.18. The molecule has 2 unspecified atom stereocenters. The maximum atomic E-state index is 12.8. The number of hydrogen-bond acceptors (Lipinski definition) is 6. The lowest BCUT2D eigenvalue weighted by Gasteiger charge is -2.31. The van der Waals surface area contributed by atoms with Crippen LogP contribution in [-0.4, -0.2) is 80.6 Å². The molecule has 0 saturated heterocycles. The number of allylic oxidation sites excluding steroid dienone is 2. The molecule has 1 N–H and O–H groups in total. The van der Waals surface area contributed by atoms with E-state index >= 15 is 0 Å². The normalized spacial score (nSPS) is 12.9. The topological polar surface area (TPSA) is 99.1 Å². The molecule has 0 radical (unpaired) electrons. The van der Waals surface area contributed by atoms with E-state index in [0.29, 0.717) is 19.3 Å². The summed E-state index contributed by atoms with van der Waals surface area (Å²) in [6.07, 6.45) is 45.4. The van der Waals surface area contributed by atoms with Crippen molar-refractivity contribution < 1.29 is 38.2 Å². The van der Waals surface area contributed by atoms with Crippen molar-refractivity contribution >= 4 is 17.9 Å². The summed E-state index contributed by atoms with van der Waals surface area (Å²) in [5, 5.41) is 9.64. The van der Waals surface area contributed by atoms with Crippen LogP contribution in [0.5, 0.6) is 0 Å². The molecule has 0 fully saturated rings. The SMILES string of the molecule is CCCCCCCCC/C=C/CCCCCCCC(=O)OC(COCCC(C(=O)O)[N+](C)(C)C)COC(=O)CCCCCCCCCCCCCCCCCCCC. The Kier molecular flexibility index (Phi) is 40.4. The Morgan fingerprint density at radius 2 is 0.862 bits per heavy atom. The predicted octanol–water partition coefficient (Wildman–Crippen LogP) is 13.9. The van der Waals surface area contributed by atoms with Crippen molar-refractivity contribution in [2.24, 2.45) is 0 Å². The minimum atomic E-state index is -0.872. The summed E-state index contributed by atoms with van der Waals surface area (Å²) in [6.45, 7) is 4.77. The van der Waals surface area contributed by atoms with E-state index in [2.05, 4.69) is 26.0 Å². The highest BCUT2D eigenvalue weighted by Gasteiger charge is 2.31. The van der Waals surface area contributed by atoms with E-state index in [-0.39, 0.29) is 36.2 Å². The Morgan fingerprint density at radius 3 is 1.24 bits per heavy atom. The number of nitrogens with zero attached hydrogens (tertiary/aromatic N) is 1. The van der Waals surface area contributed by atoms with Gasteiger partial charge in [-0.25, -0.2) is 4.79 Å². The molecule has 2 atom stereocenters. The lowest BCUT2D eigenvalue weighted by molar-refractivity contribution is -0.887. The van der Waals surface area contributed by atoms with Gasteiger partial charge < -0.3 is 23.8 Å². The van der Waals surface area contributed by atoms with Crippen LogP contribution >= 0.6 is 0 Å². The fourth-order valence-corrected chi connectivity index (χ4v) is 7.56. The first-order valence-corrected chi connectivity index (χ1v) is 24.7. The van der Waals surface area contributed by atoms with Gasteiger partial charge in [-0.15, -0.1) is 0 Å². The van der Waals surface area contributed by atoms with Crippen LogP contribution in [0.2, 0.25) is 0 Å². The van der Waals surface area contributed by atoms with Crippen LogP contribution < -0.4 is 0 Å². The zero-order chi connectivity index (χ0) is 42.8. The van der Waals surface area contributed by atoms with Gasteiger partial charge in [0.1, 0.15) is 6.61 Å². The van der Waals surface area contributed by atoms with Crippen molar-refractivity contribution in [1.82, 2.24) is 0 Å². The first-order chi connectivity index (χ1) is 28.1. The van der Waals surface area contributed by atoms with Crippen LogP contribution in [-0.2, 0) is 28.6 Å². The standard InChI is InChI=1S/C50H95NO7/c1-6-8-10-12-14-16-18-20-22-24-25-27-28-30-32-34-36-38-40-48(52)57-45-46(44-56-43-42-47(50(54)55)51(3,4)5)58-49(53)41-39-37-35-33-31-29-26-23-21-19-17-15-13-11-9-7-2/h23,26,46-47H,6-22,24-25,27-45H2,1-5H3/p+1/b26-23+. The van der Waals surface area contributed by atoms with E-state index < -0.39 is 18.1 Å². The number of carboxylic acids is 1. The maximum Gasteiger partial charge on any atom is 0.362 e. The van der Waals surface area contributed by atoms with Gasteiger partial charge in [-0.2, -0.15) is 0 Å². The number of carbonyl (C=O) groups is 3. The van der Waals surface area contributed by atoms with Crippen LogP contribution in [0.15, 0.2) is 12.2 Å². The minimum Gasteiger partial charge on any atom is -0.477 e. The fourth-order valence-electron chi connectivity index (χ4n) is 7.56. The second-order valence-corrected chi connectivity index (χ2v) is 18.1.